The molecule has 28 heavy (non-hydrogen) atoms. The summed E-state index contributed by atoms with van der Waals surface area (Å²) in [5.41, 5.74) is 3.00. The van der Waals surface area contributed by atoms with Crippen molar-refractivity contribution in [3.8, 4) is 5.75 Å². The Balaban J connectivity index is 1.52. The fourth-order valence-corrected chi connectivity index (χ4v) is 3.24. The lowest BCUT2D eigenvalue weighted by atomic mass is 10.1. The molecule has 2 aromatic carbocycles. The van der Waals surface area contributed by atoms with Crippen LogP contribution in [-0.2, 0) is 4.79 Å². The Bertz CT molecular complexity index is 933. The van der Waals surface area contributed by atoms with Crippen LogP contribution in [0.5, 0.6) is 5.75 Å². The van der Waals surface area contributed by atoms with Crippen LogP contribution in [0.4, 0.5) is 40.3 Å². The Hall–Kier alpha value is -2.97. The van der Waals surface area contributed by atoms with Crippen molar-refractivity contribution >= 4 is 28.7 Å². The Kier molecular flexibility index (Phi) is 4.13. The second kappa shape index (κ2) is 6.29. The van der Waals surface area contributed by atoms with Crippen molar-refractivity contribution in [1.29, 1.82) is 0 Å². The third-order valence-electron chi connectivity index (χ3n) is 4.78. The zero-order valence-electron chi connectivity index (χ0n) is 14.9. The molecule has 2 aromatic rings. The van der Waals surface area contributed by atoms with Crippen molar-refractivity contribution in [2.75, 3.05) is 35.2 Å². The average Bonchev–Trinajstić information content (AvgIpc) is 2.84. The van der Waals surface area contributed by atoms with Gasteiger partial charge in [0.2, 0.25) is 0 Å². The van der Waals surface area contributed by atoms with Gasteiger partial charge in [-0.25, -0.2) is 0 Å². The van der Waals surface area contributed by atoms with Gasteiger partial charge in [-0.15, -0.1) is 0 Å². The van der Waals surface area contributed by atoms with Crippen LogP contribution >= 0.6 is 0 Å². The van der Waals surface area contributed by atoms with Gasteiger partial charge in [-0.1, -0.05) is 0 Å². The van der Waals surface area contributed by atoms with Gasteiger partial charge in [0.25, 0.3) is 5.91 Å². The lowest BCUT2D eigenvalue weighted by Crippen LogP contribution is -2.38. The summed E-state index contributed by atoms with van der Waals surface area (Å²) in [5.74, 6) is -7.79. The Labute approximate surface area is 158 Å². The van der Waals surface area contributed by atoms with Gasteiger partial charge in [-0.2, -0.15) is 17.6 Å². The molecule has 0 radical (unpaired) electrons. The van der Waals surface area contributed by atoms with Gasteiger partial charge in [0.05, 0.1) is 18.8 Å². The monoisotopic (exact) mass is 395 g/mol. The molecule has 0 atom stereocenters. The van der Waals surface area contributed by atoms with Crippen molar-refractivity contribution < 1.29 is 27.1 Å². The van der Waals surface area contributed by atoms with Gasteiger partial charge in [-0.3, -0.25) is 4.79 Å². The first-order valence-corrected chi connectivity index (χ1v) is 8.60. The zero-order valence-corrected chi connectivity index (χ0v) is 14.9. The molecule has 2 aliphatic heterocycles. The van der Waals surface area contributed by atoms with Crippen LogP contribution < -0.4 is 20.3 Å². The predicted molar refractivity (Wildman–Crippen MR) is 97.1 cm³/mol. The van der Waals surface area contributed by atoms with E-state index in [4.69, 9.17) is 4.74 Å². The standard InChI is InChI=1S/C19H17F4N3O2/c1-11-6-13(26-9-18(20,21)19(22,23)10-26)3-5-14(11)24-12-2-4-15-16(7-12)28-8-17(27)25-15/h2-7,24H,8-10H2,1H3,(H,25,27). The van der Waals surface area contributed by atoms with Crippen LogP contribution in [0.15, 0.2) is 36.4 Å². The number of carbonyl (C=O) groups is 1. The number of nitrogens with zero attached hydrogens (tertiary/aromatic N) is 1. The molecule has 2 heterocycles. The first kappa shape index (κ1) is 18.4. The van der Waals surface area contributed by atoms with E-state index in [1.54, 1.807) is 37.3 Å². The lowest BCUT2D eigenvalue weighted by molar-refractivity contribution is -0.172. The highest BCUT2D eigenvalue weighted by Crippen LogP contribution is 2.43. The number of amides is 1. The van der Waals surface area contributed by atoms with Crippen molar-refractivity contribution in [2.24, 2.45) is 0 Å². The minimum absolute atomic E-state index is 0.0602. The maximum Gasteiger partial charge on any atom is 0.329 e. The molecule has 0 unspecified atom stereocenters. The number of benzene rings is 2. The molecule has 0 spiro atoms. The van der Waals surface area contributed by atoms with E-state index in [1.165, 1.54) is 6.07 Å². The van der Waals surface area contributed by atoms with Gasteiger partial charge in [0, 0.05) is 23.1 Å². The molecular weight excluding hydrogens is 378 g/mol. The highest BCUT2D eigenvalue weighted by Gasteiger charge is 2.62. The van der Waals surface area contributed by atoms with Gasteiger partial charge in [0.15, 0.2) is 6.61 Å². The summed E-state index contributed by atoms with van der Waals surface area (Å²) in [6.07, 6.45) is 0. The van der Waals surface area contributed by atoms with Crippen molar-refractivity contribution in [3.05, 3.63) is 42.0 Å². The van der Waals surface area contributed by atoms with E-state index in [1.807, 2.05) is 0 Å². The van der Waals surface area contributed by atoms with E-state index in [0.717, 1.165) is 4.90 Å². The second-order valence-electron chi connectivity index (χ2n) is 6.94. The fourth-order valence-electron chi connectivity index (χ4n) is 3.24. The van der Waals surface area contributed by atoms with Gasteiger partial charge in [0.1, 0.15) is 5.75 Å². The first-order valence-electron chi connectivity index (χ1n) is 8.60. The number of aryl methyl sites for hydroxylation is 1. The summed E-state index contributed by atoms with van der Waals surface area (Å²) in [4.78, 5) is 12.3. The Morgan fingerprint density at radius 3 is 2.46 bits per heavy atom. The average molecular weight is 395 g/mol. The SMILES string of the molecule is Cc1cc(N2CC(F)(F)C(F)(F)C2)ccc1Nc1ccc2c(c1)OCC(=O)N2. The number of anilines is 4. The molecule has 2 aliphatic rings. The van der Waals surface area contributed by atoms with Crippen LogP contribution in [0.25, 0.3) is 0 Å². The van der Waals surface area contributed by atoms with Gasteiger partial charge < -0.3 is 20.3 Å². The van der Waals surface area contributed by atoms with E-state index in [0.29, 0.717) is 34.1 Å². The normalized spacial score (nSPS) is 19.6. The third kappa shape index (κ3) is 3.21. The molecular formula is C19H17F4N3O2. The van der Waals surface area contributed by atoms with Crippen molar-refractivity contribution in [3.63, 3.8) is 0 Å². The summed E-state index contributed by atoms with van der Waals surface area (Å²) < 4.78 is 59.2. The topological polar surface area (TPSA) is 53.6 Å². The molecule has 1 saturated heterocycles. The number of nitrogens with one attached hydrogen (secondary N) is 2. The number of hydrogen-bond acceptors (Lipinski definition) is 4. The molecule has 5 nitrogen and oxygen atoms in total. The van der Waals surface area contributed by atoms with Crippen LogP contribution in [-0.4, -0.2) is 37.4 Å². The Morgan fingerprint density at radius 1 is 1.07 bits per heavy atom. The van der Waals surface area contributed by atoms with E-state index >= 15 is 0 Å². The quantitative estimate of drug-likeness (QED) is 0.767. The summed E-state index contributed by atoms with van der Waals surface area (Å²) >= 11 is 0. The van der Waals surface area contributed by atoms with Crippen LogP contribution in [0.1, 0.15) is 5.56 Å². The van der Waals surface area contributed by atoms with Crippen LogP contribution in [0.2, 0.25) is 0 Å². The Morgan fingerprint density at radius 2 is 1.79 bits per heavy atom. The molecule has 0 saturated carbocycles. The van der Waals surface area contributed by atoms with E-state index in [2.05, 4.69) is 10.6 Å². The van der Waals surface area contributed by atoms with Crippen LogP contribution in [0, 0.1) is 6.92 Å². The molecule has 0 aliphatic carbocycles. The second-order valence-corrected chi connectivity index (χ2v) is 6.94. The highest BCUT2D eigenvalue weighted by atomic mass is 19.3. The molecule has 2 N–H and O–H groups in total. The minimum Gasteiger partial charge on any atom is -0.482 e. The number of halogens is 4. The maximum absolute atomic E-state index is 13.4. The highest BCUT2D eigenvalue weighted by molar-refractivity contribution is 5.95. The largest absolute Gasteiger partial charge is 0.482 e. The molecule has 1 fully saturated rings. The molecule has 4 rings (SSSR count). The number of fused-ring (bicyclic) bond motifs is 1. The number of alkyl halides is 4. The molecule has 1 amide bonds. The maximum atomic E-state index is 13.4. The molecule has 0 aromatic heterocycles. The smallest absolute Gasteiger partial charge is 0.329 e. The summed E-state index contributed by atoms with van der Waals surface area (Å²) in [7, 11) is 0. The summed E-state index contributed by atoms with van der Waals surface area (Å²) in [6.45, 7) is -0.331. The third-order valence-corrected chi connectivity index (χ3v) is 4.78. The zero-order chi connectivity index (χ0) is 20.1. The molecule has 0 bridgehead atoms. The van der Waals surface area contributed by atoms with Gasteiger partial charge in [-0.05, 0) is 42.8 Å². The lowest BCUT2D eigenvalue weighted by Gasteiger charge is -2.21. The van der Waals surface area contributed by atoms with Gasteiger partial charge >= 0.3 is 11.8 Å². The summed E-state index contributed by atoms with van der Waals surface area (Å²) in [5, 5.41) is 5.87. The number of rotatable bonds is 3. The molecule has 148 valence electrons. The fraction of sp³-hybridized carbons (Fsp3) is 0.316. The first-order chi connectivity index (χ1) is 13.1. The number of carbonyl (C=O) groups excluding carboxylic acids is 1. The van der Waals surface area contributed by atoms with Crippen LogP contribution in [0.3, 0.4) is 0 Å². The minimum atomic E-state index is -4.05. The van der Waals surface area contributed by atoms with E-state index in [9.17, 15) is 22.4 Å². The van der Waals surface area contributed by atoms with E-state index < -0.39 is 24.9 Å². The molecule has 9 heteroatoms. The van der Waals surface area contributed by atoms with Crippen molar-refractivity contribution in [2.45, 2.75) is 18.8 Å². The van der Waals surface area contributed by atoms with E-state index in [-0.39, 0.29) is 12.5 Å². The van der Waals surface area contributed by atoms with Crippen molar-refractivity contribution in [1.82, 2.24) is 0 Å². The number of ether oxygens (including phenoxy) is 1. The predicted octanol–water partition coefficient (Wildman–Crippen LogP) is 4.16. The number of hydrogen-bond donors (Lipinski definition) is 2. The summed E-state index contributed by atoms with van der Waals surface area (Å²) in [6, 6.07) is 9.96.